The largest absolute Gasteiger partial charge is 0.497 e. The number of nitro groups is 3. The maximum Gasteiger partial charge on any atom is 0.344 e. The van der Waals surface area contributed by atoms with Crippen LogP contribution in [0.2, 0.25) is 5.02 Å². The topological polar surface area (TPSA) is 381 Å². The van der Waals surface area contributed by atoms with Gasteiger partial charge in [0.2, 0.25) is 25.1 Å². The molecule has 2 saturated heterocycles. The summed E-state index contributed by atoms with van der Waals surface area (Å²) in [6.45, 7) is 3.27. The van der Waals surface area contributed by atoms with Crippen LogP contribution in [0.5, 0.6) is 23.0 Å². The number of methoxy groups -OCH3 is 1. The van der Waals surface area contributed by atoms with Gasteiger partial charge in [0.15, 0.2) is 12.1 Å². The molecule has 0 aliphatic carbocycles. The molecule has 2 N–H and O–H groups in total. The number of carbonyl (C=O) groups excluding carboxylic acids is 6. The van der Waals surface area contributed by atoms with Crippen molar-refractivity contribution in [3.8, 4) is 23.0 Å². The van der Waals surface area contributed by atoms with Crippen molar-refractivity contribution in [3.05, 3.63) is 176 Å². The molecule has 0 radical (unpaired) electrons. The number of non-ortho nitro benzene ring substituents is 1. The van der Waals surface area contributed by atoms with E-state index < -0.39 is 87.4 Å². The number of ether oxygens (including phenoxy) is 6. The Balaban J connectivity index is 0.000000253. The quantitative estimate of drug-likeness (QED) is 0.0172. The minimum absolute atomic E-state index is 0.0193. The number of hydrazine groups is 4. The standard InChI is InChI=1S/C32H31ClN5O10.C21H20N5O12/c1-19-6-13-29(28(15-19)37(42)43)48-34-38(44)35-14-4-5-27(35)32(41)47-18-46-30(39)17-24-20(2)36(26-12-11-23(45-3)16-25(24)26)31(40)21-7-9-22(33)10-8-21;1-13(27)37-18-7-3-2-5-15(18)20(28)35-12-36-21(29)16-6-4-10-23(16)26(34)22-38-19-9-8-14(24(30)31)11-17(19)25(32)33/h6-13,15-16,27H,4-5,14,17-18H2,1-3H3,(H,34,44);2-3,5,7-9,11,16H,4,6,10,12H2,1H3,(H,22,34)/q2*+1. The van der Waals surface area contributed by atoms with Gasteiger partial charge in [0.1, 0.15) is 17.1 Å². The number of hydrogen-bond acceptors (Lipinski definition) is 22. The normalized spacial score (nSPS) is 14.1. The number of benzene rings is 5. The molecule has 2 atom stereocenters. The van der Waals surface area contributed by atoms with Crippen LogP contribution in [0.1, 0.15) is 70.1 Å². The summed E-state index contributed by atoms with van der Waals surface area (Å²) in [6, 6.07) is 22.0. The highest BCUT2D eigenvalue weighted by molar-refractivity contribution is 6.30. The van der Waals surface area contributed by atoms with Gasteiger partial charge in [0.25, 0.3) is 21.6 Å². The lowest BCUT2D eigenvalue weighted by Gasteiger charge is -2.15. The van der Waals surface area contributed by atoms with Gasteiger partial charge in [-0.1, -0.05) is 39.8 Å². The second-order valence-corrected chi connectivity index (χ2v) is 18.9. The summed E-state index contributed by atoms with van der Waals surface area (Å²) in [6.07, 6.45) is 1.07. The Morgan fingerprint density at radius 3 is 1.79 bits per heavy atom. The number of para-hydroxylation sites is 1. The summed E-state index contributed by atoms with van der Waals surface area (Å²) >= 11 is 5.99. The SMILES string of the molecule is CC(=O)Oc1ccccc1C(=O)OCOC(=O)C1CCCN1[N+](=O)NOc1ccc([N+](=O)[O-])cc1[N+](=O)[O-].COc1ccc2c(c1)c(CC(=O)OCOC(=O)C1CCCN1[N+](=O)NOc1ccc(C)cc1[N+](=O)[O-])c(C)n2C(=O)c1ccc(Cl)cc1. The molecule has 450 valence electrons. The Kier molecular flexibility index (Phi) is 20.6. The van der Waals surface area contributed by atoms with E-state index in [1.54, 1.807) is 62.4 Å². The second kappa shape index (κ2) is 28.3. The van der Waals surface area contributed by atoms with Crippen molar-refractivity contribution in [1.82, 2.24) is 25.8 Å². The fourth-order valence-corrected chi connectivity index (χ4v) is 8.96. The number of esters is 5. The molecule has 1 aromatic heterocycles. The molecule has 2 aliphatic heterocycles. The molecule has 2 fully saturated rings. The third kappa shape index (κ3) is 15.3. The fraction of sp³-hybridized carbons (Fsp3) is 0.283. The maximum absolute atomic E-state index is 13.5. The zero-order valence-electron chi connectivity index (χ0n) is 45.8. The molecular formula is C53H51ClN10O22+2. The molecular weight excluding hydrogens is 1160 g/mol. The molecule has 2 unspecified atom stereocenters. The number of fused-ring (bicyclic) bond motifs is 1. The molecule has 8 rings (SSSR count). The molecule has 0 bridgehead atoms. The van der Waals surface area contributed by atoms with Crippen LogP contribution in [0.4, 0.5) is 17.1 Å². The molecule has 33 heteroatoms. The highest BCUT2D eigenvalue weighted by Gasteiger charge is 2.44. The average molecular weight is 1220 g/mol. The van der Waals surface area contributed by atoms with Crippen molar-refractivity contribution in [2.45, 2.75) is 65.0 Å². The second-order valence-electron chi connectivity index (χ2n) is 18.4. The predicted molar refractivity (Wildman–Crippen MR) is 291 cm³/mol. The zero-order chi connectivity index (χ0) is 62.4. The predicted octanol–water partition coefficient (Wildman–Crippen LogP) is 6.50. The molecule has 0 spiro atoms. The Morgan fingerprint density at radius 1 is 0.651 bits per heavy atom. The van der Waals surface area contributed by atoms with E-state index in [2.05, 4.69) is 5.59 Å². The van der Waals surface area contributed by atoms with Gasteiger partial charge in [-0.15, -0.1) is 0 Å². The maximum atomic E-state index is 13.5. The number of aryl methyl sites for hydroxylation is 1. The minimum atomic E-state index is -1.11. The molecule has 5 aromatic carbocycles. The van der Waals surface area contributed by atoms with Crippen LogP contribution in [0.15, 0.2) is 103 Å². The lowest BCUT2D eigenvalue weighted by atomic mass is 10.1. The monoisotopic (exact) mass is 1210 g/mol. The molecule has 2 aliphatic rings. The van der Waals surface area contributed by atoms with Crippen molar-refractivity contribution in [2.24, 2.45) is 0 Å². The van der Waals surface area contributed by atoms with Gasteiger partial charge in [0, 0.05) is 40.7 Å². The number of nitrogens with zero attached hydrogens (tertiary/aromatic N) is 8. The van der Waals surface area contributed by atoms with E-state index in [1.165, 1.54) is 48.1 Å². The Labute approximate surface area is 489 Å². The highest BCUT2D eigenvalue weighted by atomic mass is 35.5. The lowest BCUT2D eigenvalue weighted by Crippen LogP contribution is -2.49. The number of halogens is 1. The number of carbonyl (C=O) groups is 6. The van der Waals surface area contributed by atoms with E-state index in [9.17, 15) is 68.9 Å². The highest BCUT2D eigenvalue weighted by Crippen LogP contribution is 2.33. The van der Waals surface area contributed by atoms with E-state index >= 15 is 0 Å². The number of nitrogens with one attached hydrogen (secondary N) is 2. The van der Waals surface area contributed by atoms with Gasteiger partial charge in [-0.05, 0) is 117 Å². The number of rotatable bonds is 23. The summed E-state index contributed by atoms with van der Waals surface area (Å²) in [5.41, 5.74) is 4.80. The number of aromatic nitrogens is 1. The lowest BCUT2D eigenvalue weighted by molar-refractivity contribution is -0.782. The van der Waals surface area contributed by atoms with Crippen molar-refractivity contribution < 1.29 is 91.6 Å². The Bertz CT molecular complexity index is 3650. The Morgan fingerprint density at radius 2 is 1.22 bits per heavy atom. The summed E-state index contributed by atoms with van der Waals surface area (Å²) in [5, 5.41) is 36.5. The molecule has 3 heterocycles. The van der Waals surface area contributed by atoms with Crippen molar-refractivity contribution >= 4 is 75.3 Å². The van der Waals surface area contributed by atoms with Crippen molar-refractivity contribution in [3.63, 3.8) is 0 Å². The fourth-order valence-electron chi connectivity index (χ4n) is 8.84. The Hall–Kier alpha value is -11.1. The van der Waals surface area contributed by atoms with E-state index in [1.807, 2.05) is 5.59 Å². The van der Waals surface area contributed by atoms with Crippen LogP contribution < -0.4 is 30.3 Å². The molecule has 0 saturated carbocycles. The first-order chi connectivity index (χ1) is 41.1. The number of nitroso groups, excluding NO2 is 2. The first-order valence-electron chi connectivity index (χ1n) is 25.5. The summed E-state index contributed by atoms with van der Waals surface area (Å²) < 4.78 is 32.0. The van der Waals surface area contributed by atoms with Gasteiger partial charge in [-0.3, -0.25) is 49.3 Å². The zero-order valence-corrected chi connectivity index (χ0v) is 46.5. The van der Waals surface area contributed by atoms with E-state index in [0.717, 1.165) is 29.1 Å². The third-order valence-electron chi connectivity index (χ3n) is 12.9. The molecule has 86 heavy (non-hydrogen) atoms. The van der Waals surface area contributed by atoms with E-state index in [0.29, 0.717) is 63.0 Å². The van der Waals surface area contributed by atoms with Crippen LogP contribution in [-0.2, 0) is 44.5 Å². The minimum Gasteiger partial charge on any atom is -0.497 e. The van der Waals surface area contributed by atoms with Crippen molar-refractivity contribution in [1.29, 1.82) is 0 Å². The third-order valence-corrected chi connectivity index (χ3v) is 13.2. The average Bonchev–Trinajstić information content (AvgIpc) is 1.82. The van der Waals surface area contributed by atoms with E-state index in [-0.39, 0.29) is 71.0 Å². The molecule has 0 amide bonds. The summed E-state index contributed by atoms with van der Waals surface area (Å²) in [4.78, 5) is 142. The van der Waals surface area contributed by atoms with Crippen molar-refractivity contribution in [2.75, 3.05) is 33.8 Å². The molecule has 6 aromatic rings. The van der Waals surface area contributed by atoms with Crippen LogP contribution in [0, 0.1) is 54.0 Å². The van der Waals surface area contributed by atoms with Crippen LogP contribution >= 0.6 is 11.6 Å². The summed E-state index contributed by atoms with van der Waals surface area (Å²) in [7, 11) is 1.50. The van der Waals surface area contributed by atoms with Gasteiger partial charge in [-0.2, -0.15) is 0 Å². The smallest absolute Gasteiger partial charge is 0.344 e. The first kappa shape index (κ1) is 62.5. The van der Waals surface area contributed by atoms with Crippen LogP contribution in [0.25, 0.3) is 10.9 Å². The summed E-state index contributed by atoms with van der Waals surface area (Å²) in [5.74, 6) is -4.56. The number of nitro benzene ring substituents is 3. The van der Waals surface area contributed by atoms with Crippen LogP contribution in [0.3, 0.4) is 0 Å². The van der Waals surface area contributed by atoms with Gasteiger partial charge in [0.05, 0.1) is 74.0 Å². The number of hydrogen-bond donors (Lipinski definition) is 2. The van der Waals surface area contributed by atoms with Gasteiger partial charge >= 0.3 is 41.2 Å². The van der Waals surface area contributed by atoms with Gasteiger partial charge in [-0.25, -0.2) is 14.4 Å². The molecule has 32 nitrogen and oxygen atoms in total. The van der Waals surface area contributed by atoms with E-state index in [4.69, 9.17) is 49.7 Å². The van der Waals surface area contributed by atoms with Gasteiger partial charge < -0.3 is 38.1 Å². The van der Waals surface area contributed by atoms with Crippen LogP contribution in [-0.4, -0.2) is 121 Å². The first-order valence-corrected chi connectivity index (χ1v) is 25.9.